The van der Waals surface area contributed by atoms with E-state index in [0.29, 0.717) is 0 Å². The molecule has 17 aromatic rings. The number of hydrogen-bond donors (Lipinski definition) is 0. The monoisotopic (exact) mass is 1120 g/mol. The SMILES string of the molecule is C1=CCC=C(n2c(-c3cccc(-c4c5ccccc5c(-c5ccc6c(-c7ccc(-n8c9ccccc9c9ccccc98)cc7)c7ccccc7c(-c7ccc(-n8c9ccccc9c9ccccc98)cc7)c6c5)c5ccccc45)c3)nc3ccccc32)C=C1. The van der Waals surface area contributed by atoms with Crippen LogP contribution in [0.1, 0.15) is 6.42 Å². The summed E-state index contributed by atoms with van der Waals surface area (Å²) in [5.41, 5.74) is 20.8. The van der Waals surface area contributed by atoms with Gasteiger partial charge in [-0.2, -0.15) is 0 Å². The molecule has 3 heterocycles. The fourth-order valence-electron chi connectivity index (χ4n) is 14.7. The van der Waals surface area contributed by atoms with Crippen molar-refractivity contribution in [3.05, 3.63) is 315 Å². The van der Waals surface area contributed by atoms with Crippen molar-refractivity contribution < 1.29 is 0 Å². The molecule has 0 saturated carbocycles. The van der Waals surface area contributed by atoms with Crippen LogP contribution in [0.3, 0.4) is 0 Å². The highest BCUT2D eigenvalue weighted by molar-refractivity contribution is 6.25. The first kappa shape index (κ1) is 49.8. The topological polar surface area (TPSA) is 27.7 Å². The van der Waals surface area contributed by atoms with E-state index in [-0.39, 0.29) is 0 Å². The molecule has 0 N–H and O–H groups in total. The molecule has 0 amide bonds. The Morgan fingerprint density at radius 2 is 0.636 bits per heavy atom. The lowest BCUT2D eigenvalue weighted by atomic mass is 9.82. The molecule has 0 unspecified atom stereocenters. The number of allylic oxidation sites excluding steroid dienone is 6. The van der Waals surface area contributed by atoms with Crippen LogP contribution in [0, 0.1) is 0 Å². The number of para-hydroxylation sites is 6. The maximum atomic E-state index is 5.34. The lowest BCUT2D eigenvalue weighted by molar-refractivity contribution is 1.14. The van der Waals surface area contributed by atoms with E-state index in [1.165, 1.54) is 120 Å². The van der Waals surface area contributed by atoms with Crippen molar-refractivity contribution in [2.24, 2.45) is 0 Å². The Kier molecular flexibility index (Phi) is 11.3. The predicted molar refractivity (Wildman–Crippen MR) is 373 cm³/mol. The van der Waals surface area contributed by atoms with E-state index in [1.54, 1.807) is 0 Å². The van der Waals surface area contributed by atoms with E-state index < -0.39 is 0 Å². The molecule has 3 aromatic heterocycles. The molecule has 0 radical (unpaired) electrons. The molecule has 0 spiro atoms. The second-order valence-electron chi connectivity index (χ2n) is 23.2. The van der Waals surface area contributed by atoms with E-state index in [0.717, 1.165) is 57.0 Å². The predicted octanol–water partition coefficient (Wildman–Crippen LogP) is 22.5. The fourth-order valence-corrected chi connectivity index (χ4v) is 14.7. The second kappa shape index (κ2) is 20.0. The molecule has 1 aliphatic carbocycles. The molecular formula is C84H54N4. The Morgan fingerprint density at radius 1 is 0.261 bits per heavy atom. The summed E-state index contributed by atoms with van der Waals surface area (Å²) in [4.78, 5) is 5.34. The third kappa shape index (κ3) is 7.69. The molecule has 0 aliphatic heterocycles. The highest BCUT2D eigenvalue weighted by atomic mass is 15.1. The summed E-state index contributed by atoms with van der Waals surface area (Å²) < 4.78 is 7.14. The van der Waals surface area contributed by atoms with Crippen LogP contribution in [0.15, 0.2) is 315 Å². The molecule has 88 heavy (non-hydrogen) atoms. The van der Waals surface area contributed by atoms with Gasteiger partial charge in [0.15, 0.2) is 0 Å². The maximum absolute atomic E-state index is 5.34. The molecule has 18 rings (SSSR count). The minimum atomic E-state index is 0.853. The Balaban J connectivity index is 0.851. The van der Waals surface area contributed by atoms with Crippen LogP contribution in [0.5, 0.6) is 0 Å². The summed E-state index contributed by atoms with van der Waals surface area (Å²) in [7, 11) is 0. The number of benzene rings is 14. The molecule has 4 nitrogen and oxygen atoms in total. The molecule has 0 fully saturated rings. The second-order valence-corrected chi connectivity index (χ2v) is 23.2. The first-order valence-electron chi connectivity index (χ1n) is 30.4. The zero-order valence-electron chi connectivity index (χ0n) is 48.0. The summed E-state index contributed by atoms with van der Waals surface area (Å²) in [6, 6.07) is 106. The molecule has 0 bridgehead atoms. The smallest absolute Gasteiger partial charge is 0.145 e. The molecular weight excluding hydrogens is 1060 g/mol. The zero-order chi connectivity index (χ0) is 57.8. The molecule has 0 atom stereocenters. The van der Waals surface area contributed by atoms with Gasteiger partial charge in [0.2, 0.25) is 0 Å². The van der Waals surface area contributed by atoms with Crippen molar-refractivity contribution in [1.29, 1.82) is 0 Å². The van der Waals surface area contributed by atoms with Gasteiger partial charge in [-0.1, -0.05) is 237 Å². The molecule has 0 saturated heterocycles. The van der Waals surface area contributed by atoms with Crippen LogP contribution in [-0.4, -0.2) is 18.7 Å². The van der Waals surface area contributed by atoms with Gasteiger partial charge in [0.1, 0.15) is 5.82 Å². The molecule has 4 heteroatoms. The summed E-state index contributed by atoms with van der Waals surface area (Å²) >= 11 is 0. The fraction of sp³-hybridized carbons (Fsp3) is 0.0119. The van der Waals surface area contributed by atoms with Crippen LogP contribution >= 0.6 is 0 Å². The van der Waals surface area contributed by atoms with Crippen molar-refractivity contribution >= 4 is 103 Å². The quantitative estimate of drug-likeness (QED) is 0.139. The van der Waals surface area contributed by atoms with E-state index in [2.05, 4.69) is 329 Å². The van der Waals surface area contributed by atoms with Crippen molar-refractivity contribution in [2.75, 3.05) is 0 Å². The van der Waals surface area contributed by atoms with Crippen molar-refractivity contribution in [3.63, 3.8) is 0 Å². The third-order valence-corrected chi connectivity index (χ3v) is 18.4. The largest absolute Gasteiger partial charge is 0.309 e. The number of imidazole rings is 1. The third-order valence-electron chi connectivity index (χ3n) is 18.4. The normalized spacial score (nSPS) is 12.7. The average molecular weight is 1120 g/mol. The number of hydrogen-bond acceptors (Lipinski definition) is 1. The summed E-state index contributed by atoms with van der Waals surface area (Å²) in [5.74, 6) is 0.922. The number of nitrogens with zero attached hydrogens (tertiary/aromatic N) is 4. The lowest BCUT2D eigenvalue weighted by Gasteiger charge is -2.21. The number of aromatic nitrogens is 4. The van der Waals surface area contributed by atoms with Gasteiger partial charge in [0.25, 0.3) is 0 Å². The Hall–Kier alpha value is -11.6. The minimum Gasteiger partial charge on any atom is -0.309 e. The van der Waals surface area contributed by atoms with Crippen LogP contribution < -0.4 is 0 Å². The lowest BCUT2D eigenvalue weighted by Crippen LogP contribution is -1.99. The van der Waals surface area contributed by atoms with Gasteiger partial charge in [-0.05, 0) is 173 Å². The number of rotatable bonds is 8. The van der Waals surface area contributed by atoms with Crippen LogP contribution in [0.25, 0.3) is 171 Å². The summed E-state index contributed by atoms with van der Waals surface area (Å²) in [6.07, 6.45) is 11.8. The Bertz CT molecular complexity index is 5660. The van der Waals surface area contributed by atoms with E-state index in [4.69, 9.17) is 4.98 Å². The highest BCUT2D eigenvalue weighted by Gasteiger charge is 2.24. The first-order chi connectivity index (χ1) is 43.7. The van der Waals surface area contributed by atoms with Crippen LogP contribution in [0.4, 0.5) is 0 Å². The Morgan fingerprint density at radius 3 is 1.12 bits per heavy atom. The van der Waals surface area contributed by atoms with E-state index >= 15 is 0 Å². The van der Waals surface area contributed by atoms with Crippen LogP contribution in [0.2, 0.25) is 0 Å². The first-order valence-corrected chi connectivity index (χ1v) is 30.4. The minimum absolute atomic E-state index is 0.853. The van der Waals surface area contributed by atoms with Gasteiger partial charge in [0, 0.05) is 44.2 Å². The molecule has 14 aromatic carbocycles. The van der Waals surface area contributed by atoms with E-state index in [1.807, 2.05) is 0 Å². The Labute approximate surface area is 508 Å². The van der Waals surface area contributed by atoms with E-state index in [9.17, 15) is 0 Å². The van der Waals surface area contributed by atoms with Gasteiger partial charge in [-0.15, -0.1) is 0 Å². The van der Waals surface area contributed by atoms with Crippen molar-refractivity contribution in [1.82, 2.24) is 18.7 Å². The van der Waals surface area contributed by atoms with Crippen LogP contribution in [-0.2, 0) is 0 Å². The van der Waals surface area contributed by atoms with Gasteiger partial charge in [-0.3, -0.25) is 4.57 Å². The van der Waals surface area contributed by atoms with Gasteiger partial charge < -0.3 is 9.13 Å². The van der Waals surface area contributed by atoms with Gasteiger partial charge in [0.05, 0.1) is 33.1 Å². The summed E-state index contributed by atoms with van der Waals surface area (Å²) in [5, 5.41) is 14.6. The highest BCUT2D eigenvalue weighted by Crippen LogP contribution is 2.49. The average Bonchev–Trinajstić information content (AvgIpc) is 1.18. The van der Waals surface area contributed by atoms with Crippen molar-refractivity contribution in [3.8, 4) is 67.3 Å². The molecule has 1 aliphatic rings. The van der Waals surface area contributed by atoms with Gasteiger partial charge >= 0.3 is 0 Å². The summed E-state index contributed by atoms with van der Waals surface area (Å²) in [6.45, 7) is 0. The maximum Gasteiger partial charge on any atom is 0.145 e. The zero-order valence-corrected chi connectivity index (χ0v) is 48.0. The number of fused-ring (bicyclic) bond motifs is 11. The van der Waals surface area contributed by atoms with Crippen molar-refractivity contribution in [2.45, 2.75) is 6.42 Å². The standard InChI is InChI=1S/C84H54N4/c1-2-4-25-59(24-3-1)88-79-41-20-15-36-74(79)85-84(88)58-23-21-22-56(52-58)82-68-32-7-9-34-70(68)83(71-35-10-8-33-69(71)82)57-46-51-72-73(53-57)81(55-44-49-61(50-45-55)87-77-39-18-13-28-64(77)65-29-14-19-40-78(65)87)67-31-6-5-30-66(67)80(72)54-42-47-60(48-43-54)86-75-37-16-11-26-62(75)63-27-12-17-38-76(63)86/h1-3,5-53H,4H2. The van der Waals surface area contributed by atoms with Gasteiger partial charge in [-0.25, -0.2) is 4.98 Å². The molecule has 410 valence electrons.